The van der Waals surface area contributed by atoms with Crippen molar-refractivity contribution in [1.29, 1.82) is 0 Å². The number of rotatable bonds is 4. The zero-order valence-electron chi connectivity index (χ0n) is 12.2. The molecule has 0 aliphatic rings. The molecule has 0 aliphatic carbocycles. The molecule has 0 saturated heterocycles. The van der Waals surface area contributed by atoms with Gasteiger partial charge in [0.1, 0.15) is 0 Å². The van der Waals surface area contributed by atoms with E-state index in [-0.39, 0.29) is 0 Å². The minimum absolute atomic E-state index is 0.301. The molecule has 0 aromatic heterocycles. The molecular weight excluding hydrogens is 260 g/mol. The van der Waals surface area contributed by atoms with E-state index in [2.05, 4.69) is 0 Å². The Morgan fingerprint density at radius 3 is 2.19 bits per heavy atom. The molecule has 0 fully saturated rings. The fourth-order valence-electron chi connectivity index (χ4n) is 2.25. The van der Waals surface area contributed by atoms with Crippen molar-refractivity contribution >= 4 is 11.5 Å². The van der Waals surface area contributed by atoms with Crippen molar-refractivity contribution in [2.45, 2.75) is 13.8 Å². The van der Waals surface area contributed by atoms with Crippen LogP contribution in [-0.2, 0) is 0 Å². The van der Waals surface area contributed by atoms with Gasteiger partial charge < -0.3 is 5.11 Å². The average Bonchev–Trinajstić information content (AvgIpc) is 2.53. The summed E-state index contributed by atoms with van der Waals surface area (Å²) in [6.07, 6.45) is 5.91. The molecule has 0 spiro atoms. The maximum atomic E-state index is 11.4. The van der Waals surface area contributed by atoms with E-state index in [0.29, 0.717) is 5.56 Å². The lowest BCUT2D eigenvalue weighted by molar-refractivity contribution is 0.0697. The van der Waals surface area contributed by atoms with E-state index in [4.69, 9.17) is 0 Å². The summed E-state index contributed by atoms with van der Waals surface area (Å²) in [7, 11) is 0. The van der Waals surface area contributed by atoms with E-state index in [1.54, 1.807) is 12.1 Å². The maximum absolute atomic E-state index is 11.4. The van der Waals surface area contributed by atoms with Crippen LogP contribution in [0.15, 0.2) is 66.8 Å². The van der Waals surface area contributed by atoms with Crippen molar-refractivity contribution < 1.29 is 9.90 Å². The number of carbonyl (C=O) groups is 1. The first-order valence-corrected chi connectivity index (χ1v) is 6.89. The summed E-state index contributed by atoms with van der Waals surface area (Å²) in [4.78, 5) is 11.4. The zero-order chi connectivity index (χ0) is 15.2. The third-order valence-electron chi connectivity index (χ3n) is 3.28. The molecule has 0 heterocycles. The first-order chi connectivity index (χ1) is 10.2. The number of aromatic carboxylic acids is 1. The van der Waals surface area contributed by atoms with Crippen molar-refractivity contribution in [3.05, 3.63) is 77.9 Å². The van der Waals surface area contributed by atoms with Gasteiger partial charge in [0.05, 0.1) is 5.56 Å². The summed E-state index contributed by atoms with van der Waals surface area (Å²) in [5, 5.41) is 9.33. The Morgan fingerprint density at radius 1 is 0.952 bits per heavy atom. The van der Waals surface area contributed by atoms with Gasteiger partial charge in [-0.15, -0.1) is 0 Å². The summed E-state index contributed by atoms with van der Waals surface area (Å²) in [5.74, 6) is -0.912. The van der Waals surface area contributed by atoms with Gasteiger partial charge in [-0.05, 0) is 54.3 Å². The zero-order valence-corrected chi connectivity index (χ0v) is 12.2. The Bertz CT molecular complexity index is 695. The summed E-state index contributed by atoms with van der Waals surface area (Å²) in [5.41, 5.74) is 4.15. The predicted octanol–water partition coefficient (Wildman–Crippen LogP) is 5.03. The molecular formula is C19H18O2. The first kappa shape index (κ1) is 14.8. The SMILES string of the molecule is C/C=C\C(=C/C)c1cc(C(=O)O)cc(-c2ccccc2)c1. The molecule has 2 nitrogen and oxygen atoms in total. The quantitative estimate of drug-likeness (QED) is 0.796. The second-order valence-electron chi connectivity index (χ2n) is 4.71. The minimum Gasteiger partial charge on any atom is -0.478 e. The highest BCUT2D eigenvalue weighted by molar-refractivity contribution is 5.92. The Kier molecular flexibility index (Phi) is 4.72. The second-order valence-corrected chi connectivity index (χ2v) is 4.71. The third kappa shape index (κ3) is 3.48. The lowest BCUT2D eigenvalue weighted by Crippen LogP contribution is -1.98. The smallest absolute Gasteiger partial charge is 0.335 e. The van der Waals surface area contributed by atoms with E-state index in [1.807, 2.05) is 68.5 Å². The maximum Gasteiger partial charge on any atom is 0.335 e. The monoisotopic (exact) mass is 278 g/mol. The highest BCUT2D eigenvalue weighted by atomic mass is 16.4. The molecule has 106 valence electrons. The lowest BCUT2D eigenvalue weighted by atomic mass is 9.95. The van der Waals surface area contributed by atoms with Gasteiger partial charge in [-0.2, -0.15) is 0 Å². The van der Waals surface area contributed by atoms with Gasteiger partial charge in [-0.3, -0.25) is 0 Å². The Morgan fingerprint density at radius 2 is 1.62 bits per heavy atom. The van der Waals surface area contributed by atoms with Gasteiger partial charge in [0.25, 0.3) is 0 Å². The van der Waals surface area contributed by atoms with Crippen LogP contribution < -0.4 is 0 Å². The van der Waals surface area contributed by atoms with Gasteiger partial charge in [-0.1, -0.05) is 48.6 Å². The van der Waals surface area contributed by atoms with Crippen molar-refractivity contribution in [3.63, 3.8) is 0 Å². The summed E-state index contributed by atoms with van der Waals surface area (Å²) >= 11 is 0. The number of carboxylic acids is 1. The van der Waals surface area contributed by atoms with E-state index in [0.717, 1.165) is 22.3 Å². The summed E-state index contributed by atoms with van der Waals surface area (Å²) < 4.78 is 0. The number of hydrogen-bond acceptors (Lipinski definition) is 1. The number of hydrogen-bond donors (Lipinski definition) is 1. The normalized spacial score (nSPS) is 11.8. The molecule has 0 saturated carbocycles. The molecule has 1 N–H and O–H groups in total. The van der Waals surface area contributed by atoms with Crippen molar-refractivity contribution in [2.75, 3.05) is 0 Å². The molecule has 21 heavy (non-hydrogen) atoms. The molecule has 0 unspecified atom stereocenters. The molecule has 2 heteroatoms. The largest absolute Gasteiger partial charge is 0.478 e. The molecule has 2 aromatic rings. The number of carboxylic acid groups (broad SMARTS) is 1. The lowest BCUT2D eigenvalue weighted by Gasteiger charge is -2.09. The van der Waals surface area contributed by atoms with Crippen LogP contribution in [-0.4, -0.2) is 11.1 Å². The molecule has 0 radical (unpaired) electrons. The summed E-state index contributed by atoms with van der Waals surface area (Å²) in [6, 6.07) is 15.3. The van der Waals surface area contributed by atoms with Crippen LogP contribution in [0.3, 0.4) is 0 Å². The van der Waals surface area contributed by atoms with Crippen LogP contribution in [0.25, 0.3) is 16.7 Å². The van der Waals surface area contributed by atoms with Crippen LogP contribution >= 0.6 is 0 Å². The van der Waals surface area contributed by atoms with E-state index < -0.39 is 5.97 Å². The average molecular weight is 278 g/mol. The van der Waals surface area contributed by atoms with Crippen LogP contribution in [0.1, 0.15) is 29.8 Å². The van der Waals surface area contributed by atoms with E-state index in [9.17, 15) is 9.90 Å². The highest BCUT2D eigenvalue weighted by Crippen LogP contribution is 2.26. The topological polar surface area (TPSA) is 37.3 Å². The van der Waals surface area contributed by atoms with Crippen molar-refractivity contribution in [1.82, 2.24) is 0 Å². The van der Waals surface area contributed by atoms with E-state index in [1.165, 1.54) is 0 Å². The van der Waals surface area contributed by atoms with Crippen LogP contribution in [0.5, 0.6) is 0 Å². The van der Waals surface area contributed by atoms with Crippen LogP contribution in [0.2, 0.25) is 0 Å². The number of benzene rings is 2. The first-order valence-electron chi connectivity index (χ1n) is 6.89. The van der Waals surface area contributed by atoms with Gasteiger partial charge in [0.15, 0.2) is 0 Å². The van der Waals surface area contributed by atoms with Crippen molar-refractivity contribution in [2.24, 2.45) is 0 Å². The Balaban J connectivity index is 2.62. The van der Waals surface area contributed by atoms with Gasteiger partial charge in [0.2, 0.25) is 0 Å². The van der Waals surface area contributed by atoms with Gasteiger partial charge in [-0.25, -0.2) is 4.79 Å². The number of allylic oxidation sites excluding steroid dienone is 4. The van der Waals surface area contributed by atoms with Crippen LogP contribution in [0.4, 0.5) is 0 Å². The fourth-order valence-corrected chi connectivity index (χ4v) is 2.25. The molecule has 0 atom stereocenters. The van der Waals surface area contributed by atoms with Crippen molar-refractivity contribution in [3.8, 4) is 11.1 Å². The Labute approximate surface area is 125 Å². The molecule has 2 aromatic carbocycles. The predicted molar refractivity (Wildman–Crippen MR) is 87.3 cm³/mol. The second kappa shape index (κ2) is 6.71. The third-order valence-corrected chi connectivity index (χ3v) is 3.28. The molecule has 0 bridgehead atoms. The van der Waals surface area contributed by atoms with Crippen LogP contribution in [0, 0.1) is 0 Å². The summed E-state index contributed by atoms with van der Waals surface area (Å²) in [6.45, 7) is 3.90. The van der Waals surface area contributed by atoms with Gasteiger partial charge in [0, 0.05) is 0 Å². The van der Waals surface area contributed by atoms with Gasteiger partial charge >= 0.3 is 5.97 Å². The fraction of sp³-hybridized carbons (Fsp3) is 0.105. The molecule has 0 aliphatic heterocycles. The Hall–Kier alpha value is -2.61. The van der Waals surface area contributed by atoms with E-state index >= 15 is 0 Å². The highest BCUT2D eigenvalue weighted by Gasteiger charge is 2.09. The molecule has 0 amide bonds. The molecule has 2 rings (SSSR count). The standard InChI is InChI=1S/C19H18O2/c1-3-8-14(4-2)16-11-17(13-18(12-16)19(20)21)15-9-6-5-7-10-15/h3-13H,1-2H3,(H,20,21)/b8-3-,14-4+. The minimum atomic E-state index is -0.912.